The van der Waals surface area contributed by atoms with Gasteiger partial charge in [0.05, 0.1) is 22.1 Å². The topological polar surface area (TPSA) is 9.86 Å². The van der Waals surface area contributed by atoms with Crippen molar-refractivity contribution in [1.82, 2.24) is 9.13 Å². The molecule has 0 unspecified atom stereocenters. The van der Waals surface area contributed by atoms with Crippen molar-refractivity contribution in [2.45, 2.75) is 33.1 Å². The van der Waals surface area contributed by atoms with E-state index in [1.54, 1.807) is 0 Å². The molecule has 5 heterocycles. The van der Waals surface area contributed by atoms with Crippen molar-refractivity contribution in [3.63, 3.8) is 0 Å². The molecule has 0 N–H and O–H groups in total. The summed E-state index contributed by atoms with van der Waals surface area (Å²) in [5.74, 6) is 0. The third-order valence-electron chi connectivity index (χ3n) is 16.2. The highest BCUT2D eigenvalue weighted by Gasteiger charge is 2.55. The molecule has 1 aliphatic carbocycles. The second kappa shape index (κ2) is 11.9. The number of benzene rings is 10. The van der Waals surface area contributed by atoms with E-state index in [-0.39, 0.29) is 6.71 Å². The van der Waals surface area contributed by atoms with E-state index in [4.69, 9.17) is 0 Å². The SMILES string of the molecule is Cc1ccc2c(c1)c1cc(C)cc3c1n2-c1c(-c2cccc4c(-c5ccccc5)cccc24)cc2c4c1B3c1cc(C)cc3c5cc(C)cc(c5n-4c13)C21c2ccccc2-c2ccccc21. The van der Waals surface area contributed by atoms with Crippen molar-refractivity contribution >= 4 is 77.5 Å². The Labute approximate surface area is 383 Å². The molecule has 12 aromatic rings. The van der Waals surface area contributed by atoms with Crippen molar-refractivity contribution in [2.24, 2.45) is 0 Å². The fourth-order valence-corrected chi connectivity index (χ4v) is 14.0. The van der Waals surface area contributed by atoms with Crippen molar-refractivity contribution in [2.75, 3.05) is 0 Å². The third-order valence-corrected chi connectivity index (χ3v) is 16.2. The van der Waals surface area contributed by atoms with Crippen LogP contribution in [0.1, 0.15) is 44.5 Å². The first-order valence-corrected chi connectivity index (χ1v) is 23.5. The Morgan fingerprint density at radius 2 is 0.909 bits per heavy atom. The standard InChI is InChI=1S/C63H41BN2/c1-34-24-25-56-45(26-34)46-28-36(3)31-54-59(46)65(56)61-49(42-21-13-19-40-39(18-12-20-41(40)42)38-14-6-5-7-15-38)33-53-62-57(61)64(54)55-32-37(4)29-48-47-27-35(2)30-52(58(47)66(62)60(48)55)63(53)50-22-10-8-16-43(50)44-17-9-11-23-51(44)63/h5-33H,1-4H3. The summed E-state index contributed by atoms with van der Waals surface area (Å²) in [6.45, 7) is 9.18. The lowest BCUT2D eigenvalue weighted by Gasteiger charge is -2.45. The number of rotatable bonds is 2. The van der Waals surface area contributed by atoms with Gasteiger partial charge in [0.1, 0.15) is 0 Å². The summed E-state index contributed by atoms with van der Waals surface area (Å²) in [5.41, 5.74) is 30.0. The Kier molecular flexibility index (Phi) is 6.38. The summed E-state index contributed by atoms with van der Waals surface area (Å²) in [6.07, 6.45) is 0. The fraction of sp³-hybridized carbons (Fsp3) is 0.0794. The van der Waals surface area contributed by atoms with E-state index in [0.717, 1.165) is 0 Å². The zero-order valence-corrected chi connectivity index (χ0v) is 37.2. The minimum absolute atomic E-state index is 0.00895. The van der Waals surface area contributed by atoms with Crippen LogP contribution in [0.15, 0.2) is 176 Å². The van der Waals surface area contributed by atoms with E-state index < -0.39 is 5.41 Å². The van der Waals surface area contributed by atoms with Gasteiger partial charge in [-0.2, -0.15) is 0 Å². The van der Waals surface area contributed by atoms with Gasteiger partial charge in [0.15, 0.2) is 0 Å². The van der Waals surface area contributed by atoms with Gasteiger partial charge in [0.25, 0.3) is 6.71 Å². The maximum absolute atomic E-state index is 2.75. The number of hydrogen-bond acceptors (Lipinski definition) is 0. The molecule has 0 radical (unpaired) electrons. The summed E-state index contributed by atoms with van der Waals surface area (Å²) < 4.78 is 5.45. The Morgan fingerprint density at radius 1 is 0.348 bits per heavy atom. The third kappa shape index (κ3) is 3.98. The van der Waals surface area contributed by atoms with E-state index in [1.165, 1.54) is 160 Å². The first-order valence-electron chi connectivity index (χ1n) is 23.5. The van der Waals surface area contributed by atoms with Gasteiger partial charge in [-0.3, -0.25) is 0 Å². The van der Waals surface area contributed by atoms with Gasteiger partial charge in [-0.15, -0.1) is 0 Å². The Hall–Kier alpha value is -7.88. The molecule has 16 rings (SSSR count). The molecule has 4 aliphatic rings. The predicted octanol–water partition coefficient (Wildman–Crippen LogP) is 13.4. The molecule has 306 valence electrons. The summed E-state index contributed by atoms with van der Waals surface area (Å²) in [7, 11) is 0. The van der Waals surface area contributed by atoms with Crippen molar-refractivity contribution < 1.29 is 0 Å². The highest BCUT2D eigenvalue weighted by atomic mass is 15.1. The molecule has 10 aromatic carbocycles. The van der Waals surface area contributed by atoms with Crippen LogP contribution in [0.3, 0.4) is 0 Å². The highest BCUT2D eigenvalue weighted by molar-refractivity contribution is 7.00. The number of hydrogen-bond donors (Lipinski definition) is 0. The molecule has 0 atom stereocenters. The Bertz CT molecular complexity index is 4230. The average Bonchev–Trinajstić information content (AvgIpc) is 3.94. The van der Waals surface area contributed by atoms with Gasteiger partial charge >= 0.3 is 0 Å². The van der Waals surface area contributed by atoms with Crippen LogP contribution in [-0.2, 0) is 5.41 Å². The first-order chi connectivity index (χ1) is 32.4. The van der Waals surface area contributed by atoms with Gasteiger partial charge < -0.3 is 9.13 Å². The van der Waals surface area contributed by atoms with E-state index in [0.29, 0.717) is 0 Å². The summed E-state index contributed by atoms with van der Waals surface area (Å²) >= 11 is 0. The molecule has 0 bridgehead atoms. The van der Waals surface area contributed by atoms with Crippen molar-refractivity contribution in [3.05, 3.63) is 220 Å². The lowest BCUT2D eigenvalue weighted by Crippen LogP contribution is -2.60. The van der Waals surface area contributed by atoms with Crippen LogP contribution in [0.2, 0.25) is 0 Å². The summed E-state index contributed by atoms with van der Waals surface area (Å²) in [4.78, 5) is 0. The molecule has 0 saturated carbocycles. The molecule has 0 saturated heterocycles. The van der Waals surface area contributed by atoms with E-state index in [9.17, 15) is 0 Å². The van der Waals surface area contributed by atoms with Gasteiger partial charge in [-0.05, 0) is 141 Å². The summed E-state index contributed by atoms with van der Waals surface area (Å²) in [5, 5.41) is 7.90. The summed E-state index contributed by atoms with van der Waals surface area (Å²) in [6, 6.07) is 68.4. The molecule has 2 aromatic heterocycles. The van der Waals surface area contributed by atoms with Gasteiger partial charge in [0, 0.05) is 43.8 Å². The lowest BCUT2D eigenvalue weighted by molar-refractivity contribution is 0.748. The fourth-order valence-electron chi connectivity index (χ4n) is 14.0. The molecule has 3 aliphatic heterocycles. The maximum Gasteiger partial charge on any atom is 0.252 e. The van der Waals surface area contributed by atoms with Gasteiger partial charge in [-0.1, -0.05) is 162 Å². The highest BCUT2D eigenvalue weighted by Crippen LogP contribution is 2.62. The van der Waals surface area contributed by atoms with Gasteiger partial charge in [-0.25, -0.2) is 0 Å². The lowest BCUT2D eigenvalue weighted by atomic mass is 9.33. The smallest absolute Gasteiger partial charge is 0.252 e. The quantitative estimate of drug-likeness (QED) is 0.154. The second-order valence-corrected chi connectivity index (χ2v) is 19.8. The molecular weight excluding hydrogens is 796 g/mol. The zero-order chi connectivity index (χ0) is 43.5. The zero-order valence-electron chi connectivity index (χ0n) is 37.2. The number of nitrogens with zero attached hydrogens (tertiary/aromatic N) is 2. The van der Waals surface area contributed by atoms with Crippen LogP contribution >= 0.6 is 0 Å². The van der Waals surface area contributed by atoms with Crippen LogP contribution in [0.4, 0.5) is 0 Å². The molecule has 66 heavy (non-hydrogen) atoms. The average molecular weight is 837 g/mol. The van der Waals surface area contributed by atoms with Crippen LogP contribution in [0, 0.1) is 27.7 Å². The number of aromatic nitrogens is 2. The monoisotopic (exact) mass is 836 g/mol. The Morgan fingerprint density at radius 3 is 1.62 bits per heavy atom. The van der Waals surface area contributed by atoms with Crippen LogP contribution in [-0.4, -0.2) is 15.8 Å². The normalized spacial score (nSPS) is 14.2. The second-order valence-electron chi connectivity index (χ2n) is 19.8. The molecule has 1 spiro atoms. The molecule has 3 heteroatoms. The minimum Gasteiger partial charge on any atom is -0.310 e. The molecule has 0 amide bonds. The Balaban J connectivity index is 1.20. The van der Waals surface area contributed by atoms with Gasteiger partial charge in [0.2, 0.25) is 0 Å². The van der Waals surface area contributed by atoms with Crippen LogP contribution in [0.5, 0.6) is 0 Å². The number of aryl methyl sites for hydroxylation is 4. The van der Waals surface area contributed by atoms with Crippen LogP contribution < -0.4 is 16.4 Å². The predicted molar refractivity (Wildman–Crippen MR) is 278 cm³/mol. The van der Waals surface area contributed by atoms with E-state index in [2.05, 4.69) is 213 Å². The van der Waals surface area contributed by atoms with Crippen LogP contribution in [0.25, 0.3) is 99.1 Å². The maximum atomic E-state index is 2.75. The molecule has 0 fully saturated rings. The van der Waals surface area contributed by atoms with Crippen molar-refractivity contribution in [3.8, 4) is 44.8 Å². The molecular formula is C63H41BN2. The van der Waals surface area contributed by atoms with E-state index in [1.807, 2.05) is 0 Å². The number of fused-ring (bicyclic) bond motifs is 15. The van der Waals surface area contributed by atoms with E-state index >= 15 is 0 Å². The minimum atomic E-state index is -0.574. The first kappa shape index (κ1) is 35.5. The largest absolute Gasteiger partial charge is 0.310 e. The van der Waals surface area contributed by atoms with Crippen molar-refractivity contribution in [1.29, 1.82) is 0 Å². The molecule has 2 nitrogen and oxygen atoms in total.